The lowest BCUT2D eigenvalue weighted by Gasteiger charge is -2.14. The molecule has 0 amide bonds. The molecule has 0 aliphatic heterocycles. The molecule has 10 aromatic rings. The molecule has 10 rings (SSSR count). The second kappa shape index (κ2) is 9.11. The number of hydrogen-bond donors (Lipinski definition) is 0. The third kappa shape index (κ3) is 3.30. The second-order valence-electron chi connectivity index (χ2n) is 11.5. The van der Waals surface area contributed by atoms with Crippen molar-refractivity contribution in [3.63, 3.8) is 0 Å². The van der Waals surface area contributed by atoms with Crippen LogP contribution in [0.25, 0.3) is 85.9 Å². The molecule has 0 saturated heterocycles. The highest BCUT2D eigenvalue weighted by atomic mass is 32.1. The van der Waals surface area contributed by atoms with Gasteiger partial charge in [0.25, 0.3) is 5.56 Å². The average Bonchev–Trinajstić information content (AvgIpc) is 3.66. The van der Waals surface area contributed by atoms with E-state index >= 15 is 0 Å². The van der Waals surface area contributed by atoms with Crippen molar-refractivity contribution in [3.05, 3.63) is 150 Å². The highest BCUT2D eigenvalue weighted by Crippen LogP contribution is 2.47. The van der Waals surface area contributed by atoms with Gasteiger partial charge in [0.2, 0.25) is 0 Å². The van der Waals surface area contributed by atoms with Gasteiger partial charge < -0.3 is 0 Å². The number of para-hydroxylation sites is 3. The number of benzene rings is 6. The van der Waals surface area contributed by atoms with Crippen molar-refractivity contribution < 1.29 is 0 Å². The van der Waals surface area contributed by atoms with Crippen LogP contribution >= 0.6 is 11.3 Å². The first kappa shape index (κ1) is 24.6. The third-order valence-electron chi connectivity index (χ3n) is 9.15. The van der Waals surface area contributed by atoms with Crippen LogP contribution in [0.1, 0.15) is 0 Å². The number of thiophene rings is 1. The van der Waals surface area contributed by atoms with Gasteiger partial charge in [-0.3, -0.25) is 13.9 Å². The predicted molar refractivity (Wildman–Crippen MR) is 190 cm³/mol. The van der Waals surface area contributed by atoms with Crippen molar-refractivity contribution in [1.29, 1.82) is 0 Å². The van der Waals surface area contributed by atoms with E-state index in [-0.39, 0.29) is 5.56 Å². The fourth-order valence-electron chi connectivity index (χ4n) is 7.28. The minimum Gasteiger partial charge on any atom is -0.292 e. The molecular weight excluding hydrogens is 571 g/mol. The molecule has 4 nitrogen and oxygen atoms in total. The molecule has 0 aliphatic carbocycles. The number of rotatable bonds is 2. The monoisotopic (exact) mass is 593 g/mol. The first-order chi connectivity index (χ1) is 22.3. The van der Waals surface area contributed by atoms with Crippen LogP contribution in [0.4, 0.5) is 0 Å². The van der Waals surface area contributed by atoms with Gasteiger partial charge in [-0.2, -0.15) is 0 Å². The van der Waals surface area contributed by atoms with Gasteiger partial charge in [0.05, 0.1) is 26.6 Å². The zero-order chi connectivity index (χ0) is 29.6. The van der Waals surface area contributed by atoms with Crippen molar-refractivity contribution in [2.45, 2.75) is 0 Å². The van der Waals surface area contributed by atoms with E-state index in [1.54, 1.807) is 0 Å². The van der Waals surface area contributed by atoms with E-state index < -0.39 is 0 Å². The number of aromatic nitrogens is 3. The topological polar surface area (TPSA) is 39.8 Å². The Balaban J connectivity index is 1.41. The van der Waals surface area contributed by atoms with Crippen LogP contribution in [0, 0.1) is 0 Å². The van der Waals surface area contributed by atoms with E-state index in [4.69, 9.17) is 4.98 Å². The number of nitrogens with zero attached hydrogens (tertiary/aromatic N) is 3. The van der Waals surface area contributed by atoms with Gasteiger partial charge in [-0.15, -0.1) is 11.3 Å². The standard InChI is InChI=1S/C40H23N3OS/c44-40-30-22-35(41-23-31(30)25-14-6-9-19-32(25)42(40)24-12-2-1-3-13-24)43-33-20-10-7-17-28(33)36-26-15-4-5-16-27(26)37-29-18-8-11-21-34(29)45-39(37)38(36)43/h1-23H. The first-order valence-corrected chi connectivity index (χ1v) is 15.8. The lowest BCUT2D eigenvalue weighted by atomic mass is 9.99. The fourth-order valence-corrected chi connectivity index (χ4v) is 8.54. The van der Waals surface area contributed by atoms with E-state index in [1.165, 1.54) is 41.7 Å². The summed E-state index contributed by atoms with van der Waals surface area (Å²) < 4.78 is 6.58. The van der Waals surface area contributed by atoms with Gasteiger partial charge in [0, 0.05) is 48.9 Å². The Hall–Kier alpha value is -5.78. The van der Waals surface area contributed by atoms with Gasteiger partial charge in [-0.25, -0.2) is 4.98 Å². The maximum atomic E-state index is 14.4. The molecule has 210 valence electrons. The van der Waals surface area contributed by atoms with E-state index in [0.717, 1.165) is 38.8 Å². The summed E-state index contributed by atoms with van der Waals surface area (Å²) >= 11 is 1.82. The summed E-state index contributed by atoms with van der Waals surface area (Å²) in [5, 5.41) is 9.87. The summed E-state index contributed by atoms with van der Waals surface area (Å²) in [6.45, 7) is 0. The highest BCUT2D eigenvalue weighted by Gasteiger charge is 2.23. The Labute approximate surface area is 260 Å². The molecule has 0 radical (unpaired) electrons. The van der Waals surface area contributed by atoms with Gasteiger partial charge in [-0.1, -0.05) is 97.1 Å². The van der Waals surface area contributed by atoms with Crippen LogP contribution < -0.4 is 5.56 Å². The molecule has 0 atom stereocenters. The summed E-state index contributed by atoms with van der Waals surface area (Å²) in [7, 11) is 0. The summed E-state index contributed by atoms with van der Waals surface area (Å²) in [6, 6.07) is 45.9. The third-order valence-corrected chi connectivity index (χ3v) is 10.3. The molecule has 5 heteroatoms. The van der Waals surface area contributed by atoms with Crippen LogP contribution in [0.3, 0.4) is 0 Å². The molecule has 0 N–H and O–H groups in total. The minimum atomic E-state index is -0.0585. The molecule has 0 fully saturated rings. The van der Waals surface area contributed by atoms with Gasteiger partial charge in [0.1, 0.15) is 5.82 Å². The highest BCUT2D eigenvalue weighted by molar-refractivity contribution is 7.27. The molecule has 0 saturated carbocycles. The normalized spacial score (nSPS) is 12.1. The molecule has 4 heterocycles. The maximum Gasteiger partial charge on any atom is 0.263 e. The van der Waals surface area contributed by atoms with Gasteiger partial charge >= 0.3 is 0 Å². The summed E-state index contributed by atoms with van der Waals surface area (Å²) in [5.41, 5.74) is 3.85. The van der Waals surface area contributed by atoms with Crippen molar-refractivity contribution in [3.8, 4) is 11.5 Å². The lowest BCUT2D eigenvalue weighted by molar-refractivity contribution is 1.05. The first-order valence-electron chi connectivity index (χ1n) is 15.0. The summed E-state index contributed by atoms with van der Waals surface area (Å²) in [6.07, 6.45) is 1.88. The Kier molecular flexibility index (Phi) is 4.99. The molecule has 0 aliphatic rings. The largest absolute Gasteiger partial charge is 0.292 e. The van der Waals surface area contributed by atoms with E-state index in [2.05, 4.69) is 83.4 Å². The molecule has 0 unspecified atom stereocenters. The molecular formula is C40H23N3OS. The smallest absolute Gasteiger partial charge is 0.263 e. The average molecular weight is 594 g/mol. The number of fused-ring (bicyclic) bond motifs is 13. The summed E-state index contributed by atoms with van der Waals surface area (Å²) in [5.74, 6) is 0.731. The van der Waals surface area contributed by atoms with Crippen LogP contribution in [0.15, 0.2) is 144 Å². The van der Waals surface area contributed by atoms with Crippen molar-refractivity contribution in [2.24, 2.45) is 0 Å². The SMILES string of the molecule is O=c1c2cc(-n3c4ccccc4c4c5ccccc5c5c6ccccc6sc5c43)ncc2c2ccccc2n1-c1ccccc1. The zero-order valence-electron chi connectivity index (χ0n) is 23.9. The Morgan fingerprint density at radius 1 is 0.511 bits per heavy atom. The second-order valence-corrected chi connectivity index (χ2v) is 12.6. The summed E-state index contributed by atoms with van der Waals surface area (Å²) in [4.78, 5) is 19.5. The molecule has 45 heavy (non-hydrogen) atoms. The molecule has 0 bridgehead atoms. The van der Waals surface area contributed by atoms with E-state index in [0.29, 0.717) is 5.39 Å². The van der Waals surface area contributed by atoms with E-state index in [9.17, 15) is 4.79 Å². The van der Waals surface area contributed by atoms with Crippen molar-refractivity contribution in [1.82, 2.24) is 14.1 Å². The Bertz CT molecular complexity index is 2900. The Morgan fingerprint density at radius 2 is 1.11 bits per heavy atom. The van der Waals surface area contributed by atoms with E-state index in [1.807, 2.05) is 76.7 Å². The number of hydrogen-bond acceptors (Lipinski definition) is 3. The maximum absolute atomic E-state index is 14.4. The Morgan fingerprint density at radius 3 is 1.89 bits per heavy atom. The van der Waals surface area contributed by atoms with Crippen LogP contribution in [0.5, 0.6) is 0 Å². The quantitative estimate of drug-likeness (QED) is 0.187. The lowest BCUT2D eigenvalue weighted by Crippen LogP contribution is -2.19. The van der Waals surface area contributed by atoms with Crippen LogP contribution in [-0.2, 0) is 0 Å². The molecule has 6 aromatic carbocycles. The molecule has 4 aromatic heterocycles. The minimum absolute atomic E-state index is 0.0585. The predicted octanol–water partition coefficient (Wildman–Crippen LogP) is 10.2. The zero-order valence-corrected chi connectivity index (χ0v) is 24.8. The van der Waals surface area contributed by atoms with Gasteiger partial charge in [0.15, 0.2) is 0 Å². The van der Waals surface area contributed by atoms with Crippen LogP contribution in [0.2, 0.25) is 0 Å². The van der Waals surface area contributed by atoms with Crippen molar-refractivity contribution >= 4 is 85.8 Å². The van der Waals surface area contributed by atoms with Crippen LogP contribution in [-0.4, -0.2) is 14.1 Å². The molecule has 0 spiro atoms. The fraction of sp³-hybridized carbons (Fsp3) is 0. The van der Waals surface area contributed by atoms with Crippen molar-refractivity contribution in [2.75, 3.05) is 0 Å². The van der Waals surface area contributed by atoms with Gasteiger partial charge in [-0.05, 0) is 47.2 Å². The number of pyridine rings is 2.